The third-order valence-electron chi connectivity index (χ3n) is 2.58. The van der Waals surface area contributed by atoms with Crippen molar-refractivity contribution in [3.63, 3.8) is 0 Å². The Morgan fingerprint density at radius 2 is 2.00 bits per heavy atom. The molecule has 0 spiro atoms. The summed E-state index contributed by atoms with van der Waals surface area (Å²) >= 11 is 0. The number of fused-ring (bicyclic) bond motifs is 1. The van der Waals surface area contributed by atoms with Crippen molar-refractivity contribution in [1.82, 2.24) is 0 Å². The zero-order chi connectivity index (χ0) is 10.1. The van der Waals surface area contributed by atoms with Crippen LogP contribution in [0.2, 0.25) is 0 Å². The summed E-state index contributed by atoms with van der Waals surface area (Å²) in [6, 6.07) is 8.70. The summed E-state index contributed by atoms with van der Waals surface area (Å²) < 4.78 is 12.9. The Hall–Kier alpha value is -1.41. The molecular formula is C12H12FN. The average Bonchev–Trinajstić information content (AvgIpc) is 2.18. The molecule has 2 rings (SSSR count). The van der Waals surface area contributed by atoms with E-state index in [-0.39, 0.29) is 5.82 Å². The predicted octanol–water partition coefficient (Wildman–Crippen LogP) is 2.75. The highest BCUT2D eigenvalue weighted by Gasteiger charge is 2.02. The summed E-state index contributed by atoms with van der Waals surface area (Å²) in [5.74, 6) is -0.197. The van der Waals surface area contributed by atoms with E-state index < -0.39 is 0 Å². The minimum atomic E-state index is -0.197. The van der Waals surface area contributed by atoms with Gasteiger partial charge >= 0.3 is 0 Å². The molecule has 2 heteroatoms. The highest BCUT2D eigenvalue weighted by molar-refractivity contribution is 5.86. The van der Waals surface area contributed by atoms with Gasteiger partial charge in [-0.25, -0.2) is 4.39 Å². The first-order valence-corrected chi connectivity index (χ1v) is 4.60. The Balaban J connectivity index is 2.77. The van der Waals surface area contributed by atoms with E-state index in [0.29, 0.717) is 6.54 Å². The van der Waals surface area contributed by atoms with Crippen LogP contribution >= 0.6 is 0 Å². The molecule has 2 aromatic carbocycles. The minimum absolute atomic E-state index is 0.197. The van der Waals surface area contributed by atoms with E-state index in [1.54, 1.807) is 12.1 Å². The van der Waals surface area contributed by atoms with Crippen LogP contribution in [0.25, 0.3) is 10.8 Å². The first-order chi connectivity index (χ1) is 6.72. The number of rotatable bonds is 1. The van der Waals surface area contributed by atoms with Crippen LogP contribution in [0.5, 0.6) is 0 Å². The van der Waals surface area contributed by atoms with Crippen LogP contribution in [-0.4, -0.2) is 0 Å². The van der Waals surface area contributed by atoms with Crippen LogP contribution in [0, 0.1) is 12.7 Å². The second-order valence-corrected chi connectivity index (χ2v) is 3.42. The molecule has 0 aliphatic carbocycles. The lowest BCUT2D eigenvalue weighted by molar-refractivity contribution is 0.629. The first kappa shape index (κ1) is 9.16. The maximum absolute atomic E-state index is 12.9. The summed E-state index contributed by atoms with van der Waals surface area (Å²) in [4.78, 5) is 0. The topological polar surface area (TPSA) is 26.0 Å². The molecule has 0 heterocycles. The Labute approximate surface area is 82.3 Å². The van der Waals surface area contributed by atoms with Crippen LogP contribution in [0.1, 0.15) is 11.1 Å². The van der Waals surface area contributed by atoms with Gasteiger partial charge in [0.1, 0.15) is 5.82 Å². The second-order valence-electron chi connectivity index (χ2n) is 3.42. The van der Waals surface area contributed by atoms with Crippen molar-refractivity contribution < 1.29 is 4.39 Å². The monoisotopic (exact) mass is 189 g/mol. The normalized spacial score (nSPS) is 10.8. The summed E-state index contributed by atoms with van der Waals surface area (Å²) in [7, 11) is 0. The van der Waals surface area contributed by atoms with Crippen molar-refractivity contribution in [3.8, 4) is 0 Å². The number of benzene rings is 2. The zero-order valence-corrected chi connectivity index (χ0v) is 8.05. The largest absolute Gasteiger partial charge is 0.326 e. The molecule has 2 aromatic rings. The molecule has 0 unspecified atom stereocenters. The first-order valence-electron chi connectivity index (χ1n) is 4.60. The molecule has 0 atom stereocenters. The van der Waals surface area contributed by atoms with E-state index in [4.69, 9.17) is 5.73 Å². The standard InChI is InChI=1S/C12H12FN/c1-8-10(7-14)3-2-9-6-11(13)4-5-12(8)9/h2-6H,7,14H2,1H3. The van der Waals surface area contributed by atoms with Gasteiger partial charge in [-0.15, -0.1) is 0 Å². The van der Waals surface area contributed by atoms with Crippen molar-refractivity contribution >= 4 is 10.8 Å². The van der Waals surface area contributed by atoms with Gasteiger partial charge in [0.2, 0.25) is 0 Å². The fourth-order valence-electron chi connectivity index (χ4n) is 1.72. The molecule has 2 N–H and O–H groups in total. The van der Waals surface area contributed by atoms with E-state index in [2.05, 4.69) is 0 Å². The van der Waals surface area contributed by atoms with E-state index in [0.717, 1.165) is 21.9 Å². The third-order valence-corrected chi connectivity index (χ3v) is 2.58. The highest BCUT2D eigenvalue weighted by atomic mass is 19.1. The number of hydrogen-bond acceptors (Lipinski definition) is 1. The number of hydrogen-bond donors (Lipinski definition) is 1. The highest BCUT2D eigenvalue weighted by Crippen LogP contribution is 2.22. The van der Waals surface area contributed by atoms with Gasteiger partial charge in [-0.2, -0.15) is 0 Å². The molecule has 0 aliphatic heterocycles. The molecule has 0 aliphatic rings. The van der Waals surface area contributed by atoms with E-state index in [1.165, 1.54) is 6.07 Å². The molecule has 0 bridgehead atoms. The fourth-order valence-corrected chi connectivity index (χ4v) is 1.72. The van der Waals surface area contributed by atoms with Crippen molar-refractivity contribution in [2.45, 2.75) is 13.5 Å². The van der Waals surface area contributed by atoms with Gasteiger partial charge in [-0.1, -0.05) is 18.2 Å². The smallest absolute Gasteiger partial charge is 0.123 e. The lowest BCUT2D eigenvalue weighted by Crippen LogP contribution is -1.99. The summed E-state index contributed by atoms with van der Waals surface area (Å²) in [6.07, 6.45) is 0. The minimum Gasteiger partial charge on any atom is -0.326 e. The molecule has 0 aromatic heterocycles. The Morgan fingerprint density at radius 1 is 1.21 bits per heavy atom. The van der Waals surface area contributed by atoms with Gasteiger partial charge < -0.3 is 5.73 Å². The average molecular weight is 189 g/mol. The SMILES string of the molecule is Cc1c(CN)ccc2cc(F)ccc12. The van der Waals surface area contributed by atoms with Crippen molar-refractivity contribution in [3.05, 3.63) is 47.3 Å². The maximum Gasteiger partial charge on any atom is 0.123 e. The molecule has 0 radical (unpaired) electrons. The maximum atomic E-state index is 12.9. The second kappa shape index (κ2) is 3.39. The van der Waals surface area contributed by atoms with Gasteiger partial charge in [0.05, 0.1) is 0 Å². The molecule has 0 saturated carbocycles. The van der Waals surface area contributed by atoms with Gasteiger partial charge in [-0.05, 0) is 41.0 Å². The van der Waals surface area contributed by atoms with Crippen molar-refractivity contribution in [1.29, 1.82) is 0 Å². The predicted molar refractivity (Wildman–Crippen MR) is 56.5 cm³/mol. The fraction of sp³-hybridized carbons (Fsp3) is 0.167. The van der Waals surface area contributed by atoms with Crippen LogP contribution in [0.3, 0.4) is 0 Å². The quantitative estimate of drug-likeness (QED) is 0.733. The zero-order valence-electron chi connectivity index (χ0n) is 8.05. The summed E-state index contributed by atoms with van der Waals surface area (Å²) in [6.45, 7) is 2.54. The number of nitrogens with two attached hydrogens (primary N) is 1. The number of aryl methyl sites for hydroxylation is 1. The van der Waals surface area contributed by atoms with Gasteiger partial charge in [0.15, 0.2) is 0 Å². The molecule has 14 heavy (non-hydrogen) atoms. The van der Waals surface area contributed by atoms with Crippen LogP contribution < -0.4 is 5.73 Å². The molecule has 0 fully saturated rings. The van der Waals surface area contributed by atoms with Crippen molar-refractivity contribution in [2.75, 3.05) is 0 Å². The lowest BCUT2D eigenvalue weighted by atomic mass is 10.0. The van der Waals surface area contributed by atoms with Crippen LogP contribution in [0.4, 0.5) is 4.39 Å². The summed E-state index contributed by atoms with van der Waals surface area (Å²) in [5, 5.41) is 2.01. The molecular weight excluding hydrogens is 177 g/mol. The van der Waals surface area contributed by atoms with Gasteiger partial charge in [0.25, 0.3) is 0 Å². The molecule has 0 amide bonds. The molecule has 72 valence electrons. The number of halogens is 1. The van der Waals surface area contributed by atoms with E-state index in [9.17, 15) is 4.39 Å². The summed E-state index contributed by atoms with van der Waals surface area (Å²) in [5.41, 5.74) is 7.86. The lowest BCUT2D eigenvalue weighted by Gasteiger charge is -2.07. The Bertz CT molecular complexity index is 477. The van der Waals surface area contributed by atoms with Crippen LogP contribution in [-0.2, 0) is 6.54 Å². The van der Waals surface area contributed by atoms with Gasteiger partial charge in [0, 0.05) is 6.54 Å². The van der Waals surface area contributed by atoms with Gasteiger partial charge in [-0.3, -0.25) is 0 Å². The Kier molecular flexibility index (Phi) is 2.22. The molecule has 1 nitrogen and oxygen atoms in total. The Morgan fingerprint density at radius 3 is 2.71 bits per heavy atom. The third kappa shape index (κ3) is 1.38. The molecule has 0 saturated heterocycles. The van der Waals surface area contributed by atoms with E-state index in [1.807, 2.05) is 19.1 Å². The van der Waals surface area contributed by atoms with E-state index >= 15 is 0 Å². The van der Waals surface area contributed by atoms with Crippen LogP contribution in [0.15, 0.2) is 30.3 Å². The van der Waals surface area contributed by atoms with Crippen molar-refractivity contribution in [2.24, 2.45) is 5.73 Å².